The second-order valence-electron chi connectivity index (χ2n) is 1.91. The average Bonchev–Trinajstić information content (AvgIpc) is 2.00. The van der Waals surface area contributed by atoms with Gasteiger partial charge >= 0.3 is 0 Å². The van der Waals surface area contributed by atoms with Crippen LogP contribution in [0, 0.1) is 10.7 Å². The molecule has 0 rings (SSSR count). The topological polar surface area (TPSA) is 23.8 Å². The molecule has 0 aliphatic carbocycles. The zero-order valence-electron chi connectivity index (χ0n) is 6.60. The van der Waals surface area contributed by atoms with Crippen LogP contribution < -0.4 is 0 Å². The number of thiocyanates is 1. The summed E-state index contributed by atoms with van der Waals surface area (Å²) in [6.45, 7) is 3.51. The Morgan fingerprint density at radius 3 is 2.82 bits per heavy atom. The van der Waals surface area contributed by atoms with E-state index in [2.05, 4.69) is 0 Å². The Morgan fingerprint density at radius 2 is 2.36 bits per heavy atom. The second-order valence-corrected chi connectivity index (χ2v) is 2.91. The maximum Gasteiger partial charge on any atom is 0.138 e. The van der Waals surface area contributed by atoms with E-state index in [1.807, 2.05) is 12.3 Å². The Kier molecular flexibility index (Phi) is 5.58. The molecule has 0 aliphatic heterocycles. The van der Waals surface area contributed by atoms with Crippen LogP contribution in [-0.2, 0) is 0 Å². The van der Waals surface area contributed by atoms with Gasteiger partial charge in [0.15, 0.2) is 0 Å². The maximum atomic E-state index is 12.8. The number of allylic oxidation sites excluding steroid dienone is 4. The highest BCUT2D eigenvalue weighted by atomic mass is 32.2. The fourth-order valence-corrected chi connectivity index (χ4v) is 0.758. The summed E-state index contributed by atoms with van der Waals surface area (Å²) < 4.78 is 12.8. The first-order chi connectivity index (χ1) is 5.22. The third-order valence-corrected chi connectivity index (χ3v) is 1.63. The predicted molar refractivity (Wildman–Crippen MR) is 46.4 cm³/mol. The van der Waals surface area contributed by atoms with E-state index in [1.165, 1.54) is 6.08 Å². The van der Waals surface area contributed by atoms with Crippen LogP contribution in [0.15, 0.2) is 22.9 Å². The molecule has 0 unspecified atom stereocenters. The minimum atomic E-state index is -0.321. The van der Waals surface area contributed by atoms with Crippen molar-refractivity contribution in [2.45, 2.75) is 20.3 Å². The molecule has 3 heteroatoms. The molecule has 60 valence electrons. The second kappa shape index (κ2) is 5.99. The normalized spacial score (nSPS) is 12.9. The number of rotatable bonds is 3. The van der Waals surface area contributed by atoms with E-state index >= 15 is 0 Å². The quantitative estimate of drug-likeness (QED) is 0.480. The monoisotopic (exact) mass is 171 g/mol. The molecule has 0 aromatic rings. The van der Waals surface area contributed by atoms with Crippen LogP contribution in [0.3, 0.4) is 0 Å². The van der Waals surface area contributed by atoms with E-state index in [9.17, 15) is 4.39 Å². The summed E-state index contributed by atoms with van der Waals surface area (Å²) in [5, 5.41) is 10.0. The van der Waals surface area contributed by atoms with E-state index in [4.69, 9.17) is 5.26 Å². The highest BCUT2D eigenvalue weighted by Crippen LogP contribution is 2.19. The van der Waals surface area contributed by atoms with Gasteiger partial charge in [-0.15, -0.1) is 0 Å². The molecular formula is C8H10FNS. The molecular weight excluding hydrogens is 161 g/mol. The first-order valence-electron chi connectivity index (χ1n) is 3.31. The van der Waals surface area contributed by atoms with Crippen LogP contribution in [0.1, 0.15) is 20.3 Å². The van der Waals surface area contributed by atoms with Crippen molar-refractivity contribution < 1.29 is 4.39 Å². The number of hydrogen-bond acceptors (Lipinski definition) is 2. The van der Waals surface area contributed by atoms with Crippen LogP contribution in [0.5, 0.6) is 0 Å². The molecule has 0 aromatic carbocycles. The number of nitriles is 1. The van der Waals surface area contributed by atoms with Crippen LogP contribution >= 0.6 is 11.8 Å². The van der Waals surface area contributed by atoms with Crippen LogP contribution in [0.2, 0.25) is 0 Å². The molecule has 0 amide bonds. The number of hydrogen-bond donors (Lipinski definition) is 0. The molecule has 0 fully saturated rings. The number of halogens is 1. The molecule has 0 aromatic heterocycles. The van der Waals surface area contributed by atoms with Crippen molar-refractivity contribution in [2.24, 2.45) is 0 Å². The van der Waals surface area contributed by atoms with E-state index in [1.54, 1.807) is 13.0 Å². The van der Waals surface area contributed by atoms with Crippen molar-refractivity contribution >= 4 is 11.8 Å². The van der Waals surface area contributed by atoms with E-state index < -0.39 is 0 Å². The molecule has 0 N–H and O–H groups in total. The Bertz CT molecular complexity index is 213. The lowest BCUT2D eigenvalue weighted by atomic mass is 10.4. The Hall–Kier alpha value is -0.750. The van der Waals surface area contributed by atoms with Gasteiger partial charge in [0.2, 0.25) is 0 Å². The van der Waals surface area contributed by atoms with Gasteiger partial charge in [-0.25, -0.2) is 4.39 Å². The molecule has 0 radical (unpaired) electrons. The molecule has 0 saturated carbocycles. The van der Waals surface area contributed by atoms with Gasteiger partial charge in [0, 0.05) is 4.91 Å². The highest BCUT2D eigenvalue weighted by Gasteiger charge is 1.96. The predicted octanol–water partition coefficient (Wildman–Crippen LogP) is 3.37. The first kappa shape index (κ1) is 10.2. The zero-order valence-corrected chi connectivity index (χ0v) is 7.41. The van der Waals surface area contributed by atoms with Gasteiger partial charge in [-0.3, -0.25) is 0 Å². The lowest BCUT2D eigenvalue weighted by Gasteiger charge is -1.91. The Balaban J connectivity index is 4.18. The van der Waals surface area contributed by atoms with Gasteiger partial charge < -0.3 is 0 Å². The molecule has 0 atom stereocenters. The van der Waals surface area contributed by atoms with Crippen molar-refractivity contribution in [3.05, 3.63) is 22.9 Å². The fourth-order valence-electron chi connectivity index (χ4n) is 0.456. The van der Waals surface area contributed by atoms with E-state index in [-0.39, 0.29) is 5.83 Å². The average molecular weight is 171 g/mol. The summed E-state index contributed by atoms with van der Waals surface area (Å²) in [5.74, 6) is -0.321. The fraction of sp³-hybridized carbons (Fsp3) is 0.375. The summed E-state index contributed by atoms with van der Waals surface area (Å²) in [6, 6.07) is 0. The maximum absolute atomic E-state index is 12.8. The Labute approximate surface area is 70.6 Å². The molecule has 0 saturated heterocycles. The summed E-state index contributed by atoms with van der Waals surface area (Å²) in [7, 11) is 0. The van der Waals surface area contributed by atoms with Crippen molar-refractivity contribution in [3.63, 3.8) is 0 Å². The molecule has 0 heterocycles. The molecule has 0 bridgehead atoms. The van der Waals surface area contributed by atoms with Gasteiger partial charge in [0.1, 0.15) is 11.2 Å². The van der Waals surface area contributed by atoms with Gasteiger partial charge in [-0.1, -0.05) is 13.0 Å². The zero-order chi connectivity index (χ0) is 8.69. The molecule has 0 aliphatic rings. The van der Waals surface area contributed by atoms with Crippen LogP contribution in [0.25, 0.3) is 0 Å². The van der Waals surface area contributed by atoms with Crippen LogP contribution in [0.4, 0.5) is 4.39 Å². The van der Waals surface area contributed by atoms with Crippen molar-refractivity contribution in [1.82, 2.24) is 0 Å². The van der Waals surface area contributed by atoms with Gasteiger partial charge in [0.25, 0.3) is 0 Å². The number of nitrogens with zero attached hydrogens (tertiary/aromatic N) is 1. The van der Waals surface area contributed by atoms with Gasteiger partial charge in [-0.2, -0.15) is 5.26 Å². The third-order valence-electron chi connectivity index (χ3n) is 1.03. The largest absolute Gasteiger partial charge is 0.206 e. The highest BCUT2D eigenvalue weighted by molar-refractivity contribution is 8.07. The summed E-state index contributed by atoms with van der Waals surface area (Å²) in [6.07, 6.45) is 3.91. The van der Waals surface area contributed by atoms with Gasteiger partial charge in [0.05, 0.1) is 0 Å². The molecule has 1 nitrogen and oxygen atoms in total. The smallest absolute Gasteiger partial charge is 0.138 e. The summed E-state index contributed by atoms with van der Waals surface area (Å²) in [5.41, 5.74) is 0. The third kappa shape index (κ3) is 4.63. The van der Waals surface area contributed by atoms with E-state index in [0.29, 0.717) is 4.91 Å². The van der Waals surface area contributed by atoms with E-state index in [0.717, 1.165) is 18.2 Å². The van der Waals surface area contributed by atoms with Gasteiger partial charge in [-0.05, 0) is 31.2 Å². The lowest BCUT2D eigenvalue weighted by molar-refractivity contribution is 0.661. The summed E-state index contributed by atoms with van der Waals surface area (Å²) in [4.78, 5) is 0.414. The molecule has 0 spiro atoms. The minimum Gasteiger partial charge on any atom is -0.206 e. The van der Waals surface area contributed by atoms with Crippen molar-refractivity contribution in [3.8, 4) is 5.40 Å². The van der Waals surface area contributed by atoms with Crippen molar-refractivity contribution in [1.29, 1.82) is 5.26 Å². The van der Waals surface area contributed by atoms with Crippen LogP contribution in [-0.4, -0.2) is 0 Å². The minimum absolute atomic E-state index is 0.321. The number of thioether (sulfide) groups is 1. The SMILES string of the molecule is CC/C=C\C(F)=C(/C)SC#N. The lowest BCUT2D eigenvalue weighted by Crippen LogP contribution is -1.71. The summed E-state index contributed by atoms with van der Waals surface area (Å²) >= 11 is 0.849. The standard InChI is InChI=1S/C8H10FNS/c1-3-4-5-8(9)7(2)11-6-10/h4-5H,3H2,1-2H3/b5-4-,8-7-. The Morgan fingerprint density at radius 1 is 1.73 bits per heavy atom. The molecule has 11 heavy (non-hydrogen) atoms. The van der Waals surface area contributed by atoms with Crippen molar-refractivity contribution in [2.75, 3.05) is 0 Å². The first-order valence-corrected chi connectivity index (χ1v) is 4.12.